The lowest BCUT2D eigenvalue weighted by Gasteiger charge is -2.20. The molecule has 2 aromatic carbocycles. The fourth-order valence-corrected chi connectivity index (χ4v) is 2.74. The first-order valence-electron chi connectivity index (χ1n) is 9.44. The Bertz CT molecular complexity index is 905. The quantitative estimate of drug-likeness (QED) is 0.525. The van der Waals surface area contributed by atoms with Gasteiger partial charge in [-0.15, -0.1) is 0 Å². The molecule has 0 atom stereocenters. The summed E-state index contributed by atoms with van der Waals surface area (Å²) in [4.78, 5) is 23.9. The Kier molecular flexibility index (Phi) is 7.15. The van der Waals surface area contributed by atoms with Crippen molar-refractivity contribution in [3.05, 3.63) is 48.0 Å². The summed E-state index contributed by atoms with van der Waals surface area (Å²) in [6, 6.07) is 10.4. The number of benzene rings is 2. The summed E-state index contributed by atoms with van der Waals surface area (Å²) in [5, 5.41) is 2.65. The summed E-state index contributed by atoms with van der Waals surface area (Å²) in [7, 11) is 1.53. The molecule has 8 heteroatoms. The van der Waals surface area contributed by atoms with Crippen LogP contribution in [0.25, 0.3) is 6.08 Å². The number of hydrogen-bond donors (Lipinski definition) is 1. The molecular formula is C22H23NO7. The lowest BCUT2D eigenvalue weighted by Crippen LogP contribution is -2.20. The van der Waals surface area contributed by atoms with Crippen molar-refractivity contribution >= 4 is 23.6 Å². The molecule has 1 aliphatic rings. The maximum absolute atomic E-state index is 12.0. The van der Waals surface area contributed by atoms with Gasteiger partial charge in [0.1, 0.15) is 19.0 Å². The maximum Gasteiger partial charge on any atom is 0.331 e. The fraction of sp³-hybridized carbons (Fsp3) is 0.273. The summed E-state index contributed by atoms with van der Waals surface area (Å²) in [6.07, 6.45) is 2.78. The van der Waals surface area contributed by atoms with E-state index in [1.165, 1.54) is 13.2 Å². The zero-order valence-corrected chi connectivity index (χ0v) is 16.8. The topological polar surface area (TPSA) is 92.3 Å². The third kappa shape index (κ3) is 5.66. The molecule has 0 aliphatic carbocycles. The van der Waals surface area contributed by atoms with Crippen LogP contribution in [0.3, 0.4) is 0 Å². The zero-order chi connectivity index (χ0) is 21.3. The predicted octanol–water partition coefficient (Wildman–Crippen LogP) is 3.06. The van der Waals surface area contributed by atoms with Crippen LogP contribution in [0.4, 0.5) is 5.69 Å². The Morgan fingerprint density at radius 3 is 2.63 bits per heavy atom. The smallest absolute Gasteiger partial charge is 0.331 e. The maximum atomic E-state index is 12.0. The van der Waals surface area contributed by atoms with E-state index in [0.717, 1.165) is 0 Å². The van der Waals surface area contributed by atoms with E-state index in [-0.39, 0.29) is 0 Å². The third-order valence-electron chi connectivity index (χ3n) is 4.06. The van der Waals surface area contributed by atoms with E-state index >= 15 is 0 Å². The molecule has 3 rings (SSSR count). The molecule has 0 unspecified atom stereocenters. The van der Waals surface area contributed by atoms with Crippen molar-refractivity contribution in [1.82, 2.24) is 0 Å². The standard InChI is InChI=1S/C22H23NO7/c1-3-27-17-7-5-16(6-8-17)23-20(24)14-30-21(25)9-4-15-12-18(26-2)22-19(13-15)28-10-11-29-22/h4-9,12-13H,3,10-11,14H2,1-2H3,(H,23,24)/b9-4+. The van der Waals surface area contributed by atoms with E-state index in [1.807, 2.05) is 6.92 Å². The van der Waals surface area contributed by atoms with Crippen molar-refractivity contribution in [2.24, 2.45) is 0 Å². The minimum atomic E-state index is -0.648. The molecule has 30 heavy (non-hydrogen) atoms. The highest BCUT2D eigenvalue weighted by Gasteiger charge is 2.17. The normalized spacial score (nSPS) is 12.3. The van der Waals surface area contributed by atoms with Crippen LogP contribution in [0.5, 0.6) is 23.0 Å². The second-order valence-electron chi connectivity index (χ2n) is 6.19. The van der Waals surface area contributed by atoms with Gasteiger partial charge in [-0.1, -0.05) is 0 Å². The molecule has 0 saturated carbocycles. The summed E-state index contributed by atoms with van der Waals surface area (Å²) in [5.74, 6) is 1.21. The number of nitrogens with one attached hydrogen (secondary N) is 1. The van der Waals surface area contributed by atoms with Gasteiger partial charge in [0.05, 0.1) is 13.7 Å². The Morgan fingerprint density at radius 1 is 1.13 bits per heavy atom. The van der Waals surface area contributed by atoms with Gasteiger partial charge >= 0.3 is 5.97 Å². The summed E-state index contributed by atoms with van der Waals surface area (Å²) in [6.45, 7) is 2.94. The lowest BCUT2D eigenvalue weighted by molar-refractivity contribution is -0.142. The number of carbonyl (C=O) groups excluding carboxylic acids is 2. The molecule has 1 N–H and O–H groups in total. The van der Waals surface area contributed by atoms with Gasteiger partial charge in [-0.2, -0.15) is 0 Å². The fourth-order valence-electron chi connectivity index (χ4n) is 2.74. The van der Waals surface area contributed by atoms with Crippen LogP contribution < -0.4 is 24.3 Å². The highest BCUT2D eigenvalue weighted by molar-refractivity contribution is 5.94. The van der Waals surface area contributed by atoms with Crippen LogP contribution in [0, 0.1) is 0 Å². The number of amides is 1. The number of anilines is 1. The van der Waals surface area contributed by atoms with Crippen molar-refractivity contribution < 1.29 is 33.3 Å². The molecule has 8 nitrogen and oxygen atoms in total. The van der Waals surface area contributed by atoms with Crippen LogP contribution in [0.15, 0.2) is 42.5 Å². The van der Waals surface area contributed by atoms with Gasteiger partial charge in [0.15, 0.2) is 18.1 Å². The van der Waals surface area contributed by atoms with Gasteiger partial charge in [0.25, 0.3) is 5.91 Å². The molecule has 0 saturated heterocycles. The number of hydrogen-bond acceptors (Lipinski definition) is 7. The van der Waals surface area contributed by atoms with E-state index in [1.54, 1.807) is 42.5 Å². The molecule has 1 amide bonds. The van der Waals surface area contributed by atoms with Crippen molar-refractivity contribution in [2.45, 2.75) is 6.92 Å². The van der Waals surface area contributed by atoms with Gasteiger partial charge in [-0.3, -0.25) is 4.79 Å². The first-order chi connectivity index (χ1) is 14.6. The Labute approximate surface area is 174 Å². The molecule has 2 aromatic rings. The van der Waals surface area contributed by atoms with Crippen molar-refractivity contribution in [3.63, 3.8) is 0 Å². The number of ether oxygens (including phenoxy) is 5. The number of rotatable bonds is 8. The Morgan fingerprint density at radius 2 is 1.90 bits per heavy atom. The first kappa shape index (κ1) is 21.0. The van der Waals surface area contributed by atoms with Gasteiger partial charge in [0.2, 0.25) is 5.75 Å². The van der Waals surface area contributed by atoms with Gasteiger partial charge < -0.3 is 29.0 Å². The Balaban J connectivity index is 1.51. The highest BCUT2D eigenvalue weighted by atomic mass is 16.6. The van der Waals surface area contributed by atoms with Crippen LogP contribution in [-0.2, 0) is 14.3 Å². The van der Waals surface area contributed by atoms with Crippen LogP contribution >= 0.6 is 0 Å². The van der Waals surface area contributed by atoms with Crippen molar-refractivity contribution in [2.75, 3.05) is 38.9 Å². The second kappa shape index (κ2) is 10.2. The number of carbonyl (C=O) groups is 2. The van der Waals surface area contributed by atoms with Crippen molar-refractivity contribution in [1.29, 1.82) is 0 Å². The molecule has 0 spiro atoms. The summed E-state index contributed by atoms with van der Waals surface area (Å²) >= 11 is 0. The molecule has 1 aliphatic heterocycles. The van der Waals surface area contributed by atoms with Crippen molar-refractivity contribution in [3.8, 4) is 23.0 Å². The number of fused-ring (bicyclic) bond motifs is 1. The monoisotopic (exact) mass is 413 g/mol. The SMILES string of the molecule is CCOc1ccc(NC(=O)COC(=O)/C=C/c2cc(OC)c3c(c2)OCCO3)cc1. The van der Waals surface area contributed by atoms with E-state index < -0.39 is 18.5 Å². The van der Waals surface area contributed by atoms with Gasteiger partial charge in [-0.05, 0) is 55.0 Å². The first-order valence-corrected chi connectivity index (χ1v) is 9.44. The number of esters is 1. The minimum absolute atomic E-state index is 0.402. The third-order valence-corrected chi connectivity index (χ3v) is 4.06. The van der Waals surface area contributed by atoms with E-state index in [4.69, 9.17) is 23.7 Å². The Hall–Kier alpha value is -3.68. The molecule has 158 valence electrons. The summed E-state index contributed by atoms with van der Waals surface area (Å²) < 4.78 is 26.7. The molecule has 0 aromatic heterocycles. The van der Waals surface area contributed by atoms with E-state index in [0.29, 0.717) is 54.1 Å². The molecule has 0 bridgehead atoms. The van der Waals surface area contributed by atoms with Gasteiger partial charge in [0, 0.05) is 11.8 Å². The molecule has 0 radical (unpaired) electrons. The molecular weight excluding hydrogens is 390 g/mol. The highest BCUT2D eigenvalue weighted by Crippen LogP contribution is 2.40. The van der Waals surface area contributed by atoms with Gasteiger partial charge in [-0.25, -0.2) is 4.79 Å². The van der Waals surface area contributed by atoms with Crippen LogP contribution in [0.1, 0.15) is 12.5 Å². The van der Waals surface area contributed by atoms with E-state index in [2.05, 4.69) is 5.32 Å². The zero-order valence-electron chi connectivity index (χ0n) is 16.8. The lowest BCUT2D eigenvalue weighted by atomic mass is 10.1. The van der Waals surface area contributed by atoms with Crippen LogP contribution in [-0.4, -0.2) is 45.4 Å². The largest absolute Gasteiger partial charge is 0.494 e. The molecule has 0 fully saturated rings. The van der Waals surface area contributed by atoms with Crippen LogP contribution in [0.2, 0.25) is 0 Å². The summed E-state index contributed by atoms with van der Waals surface area (Å²) in [5.41, 5.74) is 1.25. The molecule has 1 heterocycles. The predicted molar refractivity (Wildman–Crippen MR) is 110 cm³/mol. The average Bonchev–Trinajstić information content (AvgIpc) is 2.77. The average molecular weight is 413 g/mol. The second-order valence-corrected chi connectivity index (χ2v) is 6.19. The van der Waals surface area contributed by atoms with E-state index in [9.17, 15) is 9.59 Å². The minimum Gasteiger partial charge on any atom is -0.494 e. The number of methoxy groups -OCH3 is 1.